The molecule has 1 aromatic rings. The highest BCUT2D eigenvalue weighted by Gasteiger charge is 2.44. The van der Waals surface area contributed by atoms with Crippen LogP contribution in [0.3, 0.4) is 0 Å². The predicted octanol–water partition coefficient (Wildman–Crippen LogP) is 0.936. The molecule has 0 amide bonds. The van der Waals surface area contributed by atoms with Crippen molar-refractivity contribution in [1.82, 2.24) is 4.98 Å². The van der Waals surface area contributed by atoms with Crippen molar-refractivity contribution < 1.29 is 15.0 Å². The maximum absolute atomic E-state index is 10.7. The van der Waals surface area contributed by atoms with Crippen LogP contribution in [-0.2, 0) is 16.8 Å². The minimum atomic E-state index is -1.25. The summed E-state index contributed by atoms with van der Waals surface area (Å²) >= 11 is 0. The summed E-state index contributed by atoms with van der Waals surface area (Å²) in [6, 6.07) is 1.84. The van der Waals surface area contributed by atoms with Gasteiger partial charge in [0.05, 0.1) is 6.42 Å². The van der Waals surface area contributed by atoms with Crippen LogP contribution in [0.2, 0.25) is 0 Å². The van der Waals surface area contributed by atoms with Gasteiger partial charge in [0.25, 0.3) is 0 Å². The molecule has 0 aliphatic heterocycles. The monoisotopic (exact) mass is 207 g/mol. The number of hydrogen-bond acceptors (Lipinski definition) is 3. The van der Waals surface area contributed by atoms with Gasteiger partial charge in [-0.15, -0.1) is 0 Å². The molecule has 1 aromatic heterocycles. The van der Waals surface area contributed by atoms with Crippen molar-refractivity contribution in [2.24, 2.45) is 5.92 Å². The Morgan fingerprint density at radius 1 is 1.73 bits per heavy atom. The van der Waals surface area contributed by atoms with Crippen molar-refractivity contribution in [3.05, 3.63) is 29.6 Å². The Morgan fingerprint density at radius 2 is 2.47 bits per heavy atom. The molecule has 2 atom stereocenters. The molecule has 0 aromatic carbocycles. The van der Waals surface area contributed by atoms with E-state index in [0.29, 0.717) is 12.0 Å². The Hall–Kier alpha value is -1.42. The second-order valence-electron chi connectivity index (χ2n) is 4.13. The Morgan fingerprint density at radius 3 is 3.13 bits per heavy atom. The lowest BCUT2D eigenvalue weighted by Gasteiger charge is -2.26. The van der Waals surface area contributed by atoms with Gasteiger partial charge in [0.1, 0.15) is 5.60 Å². The van der Waals surface area contributed by atoms with Gasteiger partial charge >= 0.3 is 5.97 Å². The van der Waals surface area contributed by atoms with Gasteiger partial charge in [0.15, 0.2) is 0 Å². The van der Waals surface area contributed by atoms with Crippen LogP contribution in [-0.4, -0.2) is 21.2 Å². The van der Waals surface area contributed by atoms with Crippen LogP contribution in [0.1, 0.15) is 24.5 Å². The molecule has 4 heteroatoms. The largest absolute Gasteiger partial charge is 0.481 e. The van der Waals surface area contributed by atoms with Crippen LogP contribution in [0, 0.1) is 5.92 Å². The number of carboxylic acids is 1. The second-order valence-corrected chi connectivity index (χ2v) is 4.13. The molecule has 2 rings (SSSR count). The van der Waals surface area contributed by atoms with Crippen LogP contribution in [0.25, 0.3) is 0 Å². The van der Waals surface area contributed by atoms with E-state index in [1.165, 1.54) is 0 Å². The van der Waals surface area contributed by atoms with Crippen LogP contribution in [0.15, 0.2) is 18.5 Å². The van der Waals surface area contributed by atoms with Crippen LogP contribution in [0.4, 0.5) is 0 Å². The third-order valence-corrected chi connectivity index (χ3v) is 3.14. The molecule has 2 unspecified atom stereocenters. The molecule has 15 heavy (non-hydrogen) atoms. The SMILES string of the molecule is CC1Cc2ccncc2C1(O)CC(=O)O. The maximum Gasteiger partial charge on any atom is 0.306 e. The highest BCUT2D eigenvalue weighted by molar-refractivity contribution is 5.69. The van der Waals surface area contributed by atoms with E-state index in [2.05, 4.69) is 4.98 Å². The average Bonchev–Trinajstić information content (AvgIpc) is 2.39. The topological polar surface area (TPSA) is 70.4 Å². The molecule has 0 saturated heterocycles. The smallest absolute Gasteiger partial charge is 0.306 e. The van der Waals surface area contributed by atoms with E-state index in [9.17, 15) is 9.90 Å². The van der Waals surface area contributed by atoms with Crippen molar-refractivity contribution in [2.45, 2.75) is 25.4 Å². The van der Waals surface area contributed by atoms with Crippen molar-refractivity contribution in [3.8, 4) is 0 Å². The molecular formula is C11H13NO3. The number of fused-ring (bicyclic) bond motifs is 1. The lowest BCUT2D eigenvalue weighted by Crippen LogP contribution is -2.32. The molecule has 80 valence electrons. The fraction of sp³-hybridized carbons (Fsp3) is 0.455. The van der Waals surface area contributed by atoms with Gasteiger partial charge in [0, 0.05) is 18.0 Å². The molecule has 0 spiro atoms. The Labute approximate surface area is 87.6 Å². The van der Waals surface area contributed by atoms with E-state index in [4.69, 9.17) is 5.11 Å². The zero-order chi connectivity index (χ0) is 11.1. The number of aliphatic hydroxyl groups is 1. The van der Waals surface area contributed by atoms with Crippen LogP contribution < -0.4 is 0 Å². The van der Waals surface area contributed by atoms with E-state index in [-0.39, 0.29) is 12.3 Å². The Kier molecular flexibility index (Phi) is 2.23. The average molecular weight is 207 g/mol. The fourth-order valence-corrected chi connectivity index (χ4v) is 2.26. The van der Waals surface area contributed by atoms with E-state index >= 15 is 0 Å². The molecule has 4 nitrogen and oxygen atoms in total. The zero-order valence-electron chi connectivity index (χ0n) is 8.47. The molecule has 1 heterocycles. The maximum atomic E-state index is 10.7. The third kappa shape index (κ3) is 1.51. The molecule has 1 aliphatic rings. The summed E-state index contributed by atoms with van der Waals surface area (Å²) in [6.07, 6.45) is 3.69. The summed E-state index contributed by atoms with van der Waals surface area (Å²) in [4.78, 5) is 14.7. The first kappa shape index (κ1) is 10.1. The number of nitrogens with zero attached hydrogens (tertiary/aromatic N) is 1. The van der Waals surface area contributed by atoms with Gasteiger partial charge in [0.2, 0.25) is 0 Å². The molecule has 1 aliphatic carbocycles. The number of rotatable bonds is 2. The number of pyridine rings is 1. The normalized spacial score (nSPS) is 28.8. The lowest BCUT2D eigenvalue weighted by atomic mass is 9.86. The number of hydrogen-bond donors (Lipinski definition) is 2. The fourth-order valence-electron chi connectivity index (χ4n) is 2.26. The summed E-state index contributed by atoms with van der Waals surface area (Å²) < 4.78 is 0. The molecule has 0 saturated carbocycles. The van der Waals surface area contributed by atoms with Gasteiger partial charge in [-0.25, -0.2) is 0 Å². The number of carboxylic acid groups (broad SMARTS) is 1. The number of aliphatic carboxylic acids is 1. The first-order valence-corrected chi connectivity index (χ1v) is 4.91. The minimum Gasteiger partial charge on any atom is -0.481 e. The summed E-state index contributed by atoms with van der Waals surface area (Å²) in [5.74, 6) is -1.06. The molecular weight excluding hydrogens is 194 g/mol. The van der Waals surface area contributed by atoms with E-state index in [1.807, 2.05) is 13.0 Å². The molecule has 0 bridgehead atoms. The first-order chi connectivity index (χ1) is 7.04. The number of aromatic nitrogens is 1. The molecule has 2 N–H and O–H groups in total. The lowest BCUT2D eigenvalue weighted by molar-refractivity contribution is -0.144. The Balaban J connectivity index is 2.44. The van der Waals surface area contributed by atoms with Crippen molar-refractivity contribution in [2.75, 3.05) is 0 Å². The molecule has 0 radical (unpaired) electrons. The predicted molar refractivity (Wildman–Crippen MR) is 53.3 cm³/mol. The van der Waals surface area contributed by atoms with Crippen molar-refractivity contribution in [1.29, 1.82) is 0 Å². The highest BCUT2D eigenvalue weighted by Crippen LogP contribution is 2.42. The van der Waals surface area contributed by atoms with Gasteiger partial charge in [-0.2, -0.15) is 0 Å². The quantitative estimate of drug-likeness (QED) is 0.757. The Bertz CT molecular complexity index is 405. The van der Waals surface area contributed by atoms with Gasteiger partial charge in [-0.3, -0.25) is 9.78 Å². The second kappa shape index (κ2) is 3.31. The van der Waals surface area contributed by atoms with Crippen molar-refractivity contribution >= 4 is 5.97 Å². The van der Waals surface area contributed by atoms with Gasteiger partial charge < -0.3 is 10.2 Å². The standard InChI is InChI=1S/C11H13NO3/c1-7-4-8-2-3-12-6-9(8)11(7,15)5-10(13)14/h2-3,6-7,15H,4-5H2,1H3,(H,13,14). The van der Waals surface area contributed by atoms with Gasteiger partial charge in [-0.1, -0.05) is 6.92 Å². The van der Waals surface area contributed by atoms with Gasteiger partial charge in [-0.05, 0) is 24.0 Å². The third-order valence-electron chi connectivity index (χ3n) is 3.14. The van der Waals surface area contributed by atoms with Crippen LogP contribution >= 0.6 is 0 Å². The summed E-state index contributed by atoms with van der Waals surface area (Å²) in [5.41, 5.74) is 0.413. The van der Waals surface area contributed by atoms with Crippen LogP contribution in [0.5, 0.6) is 0 Å². The van der Waals surface area contributed by atoms with E-state index < -0.39 is 11.6 Å². The van der Waals surface area contributed by atoms with Crippen molar-refractivity contribution in [3.63, 3.8) is 0 Å². The number of carbonyl (C=O) groups is 1. The first-order valence-electron chi connectivity index (χ1n) is 4.91. The van der Waals surface area contributed by atoms with E-state index in [1.54, 1.807) is 12.4 Å². The van der Waals surface area contributed by atoms with E-state index in [0.717, 1.165) is 5.56 Å². The summed E-state index contributed by atoms with van der Waals surface area (Å²) in [7, 11) is 0. The molecule has 0 fully saturated rings. The highest BCUT2D eigenvalue weighted by atomic mass is 16.4. The summed E-state index contributed by atoms with van der Waals surface area (Å²) in [6.45, 7) is 1.86. The zero-order valence-corrected chi connectivity index (χ0v) is 8.47. The summed E-state index contributed by atoms with van der Waals surface area (Å²) in [5, 5.41) is 19.2. The minimum absolute atomic E-state index is 0.0761.